The van der Waals surface area contributed by atoms with Crippen molar-refractivity contribution in [3.63, 3.8) is 0 Å². The summed E-state index contributed by atoms with van der Waals surface area (Å²) >= 11 is 0. The molecule has 0 radical (unpaired) electrons. The van der Waals surface area contributed by atoms with E-state index in [1.807, 2.05) is 55.0 Å². The van der Waals surface area contributed by atoms with Gasteiger partial charge in [0.15, 0.2) is 11.7 Å². The lowest BCUT2D eigenvalue weighted by Gasteiger charge is -2.54. The average Bonchev–Trinajstić information content (AvgIpc) is 3.67. The quantitative estimate of drug-likeness (QED) is 0.449. The van der Waals surface area contributed by atoms with Crippen molar-refractivity contribution in [1.29, 1.82) is 0 Å². The maximum Gasteiger partial charge on any atom is 0.244 e. The van der Waals surface area contributed by atoms with Crippen LogP contribution >= 0.6 is 0 Å². The molecule has 45 heavy (non-hydrogen) atoms. The molecule has 0 aliphatic carbocycles. The third-order valence-electron chi connectivity index (χ3n) is 8.93. The van der Waals surface area contributed by atoms with E-state index in [2.05, 4.69) is 47.6 Å². The molecule has 2 saturated heterocycles. The number of amidine groups is 1. The molecule has 2 atom stereocenters. The van der Waals surface area contributed by atoms with Gasteiger partial charge in [0.2, 0.25) is 5.79 Å². The van der Waals surface area contributed by atoms with E-state index in [1.165, 1.54) is 6.42 Å². The largest absolute Gasteiger partial charge is 0.489 e. The molecule has 2 aromatic heterocycles. The van der Waals surface area contributed by atoms with Crippen LogP contribution in [0.4, 0.5) is 5.82 Å². The molecule has 0 spiro atoms. The highest BCUT2D eigenvalue weighted by molar-refractivity contribution is 6.02. The number of likely N-dealkylation sites (tertiary alicyclic amines) is 1. The summed E-state index contributed by atoms with van der Waals surface area (Å²) < 4.78 is 6.38. The predicted molar refractivity (Wildman–Crippen MR) is 172 cm³/mol. The number of nitrogens with zero attached hydrogens (tertiary/aromatic N) is 9. The van der Waals surface area contributed by atoms with E-state index in [1.54, 1.807) is 18.7 Å². The number of hydrazine groups is 1. The fourth-order valence-electron chi connectivity index (χ4n) is 6.87. The van der Waals surface area contributed by atoms with E-state index in [4.69, 9.17) is 24.7 Å². The molecule has 5 aliphatic heterocycles. The lowest BCUT2D eigenvalue weighted by atomic mass is 9.97. The van der Waals surface area contributed by atoms with Crippen molar-refractivity contribution >= 4 is 22.7 Å². The second-order valence-corrected chi connectivity index (χ2v) is 11.6. The first-order valence-corrected chi connectivity index (χ1v) is 15.8. The van der Waals surface area contributed by atoms with Crippen LogP contribution in [0.15, 0.2) is 102 Å². The molecule has 2 N–H and O–H groups in total. The highest BCUT2D eigenvalue weighted by Gasteiger charge is 2.55. The topological polar surface area (TPSA) is 110 Å². The summed E-state index contributed by atoms with van der Waals surface area (Å²) in [5.41, 5.74) is 6.80. The Balaban J connectivity index is 1.46. The van der Waals surface area contributed by atoms with Gasteiger partial charge in [-0.05, 0) is 49.6 Å². The Labute approximate surface area is 262 Å². The highest BCUT2D eigenvalue weighted by Crippen LogP contribution is 2.46. The minimum absolute atomic E-state index is 0.369. The van der Waals surface area contributed by atoms with E-state index in [0.29, 0.717) is 12.4 Å². The number of anilines is 1. The van der Waals surface area contributed by atoms with Crippen molar-refractivity contribution in [2.75, 3.05) is 50.7 Å². The third kappa shape index (κ3) is 4.90. The van der Waals surface area contributed by atoms with Gasteiger partial charge in [-0.25, -0.2) is 9.98 Å². The molecule has 230 valence electrons. The van der Waals surface area contributed by atoms with Gasteiger partial charge >= 0.3 is 0 Å². The van der Waals surface area contributed by atoms with Crippen LogP contribution < -0.4 is 15.6 Å². The Bertz CT molecular complexity index is 1680. The molecule has 12 heteroatoms. The number of ether oxygens (including phenoxy) is 1. The monoisotopic (exact) mass is 603 g/mol. The number of benzene rings is 1. The average molecular weight is 604 g/mol. The van der Waals surface area contributed by atoms with Gasteiger partial charge < -0.3 is 20.4 Å². The number of para-hydroxylation sites is 2. The number of aromatic nitrogens is 4. The summed E-state index contributed by atoms with van der Waals surface area (Å²) in [6.07, 6.45) is 22.1. The standard InChI is InChI=1S/C33H37N11O/c1-5-17-41(18-6-1)32-30(27-11-4-7-22-45-27)31(43-19-8-12-38-43)40-33(28-23-35-13-14-36-28,42-20-15-34-16-21-42)44(32)29-24-37-25-9-2-3-10-26(25)39-29/h2-4,7-14,22-24,27,34,38H,1,5-6,15-21H2. The van der Waals surface area contributed by atoms with Crippen molar-refractivity contribution < 1.29 is 4.74 Å². The molecule has 0 bridgehead atoms. The van der Waals surface area contributed by atoms with Crippen LogP contribution in [0.3, 0.4) is 0 Å². The first-order chi connectivity index (χ1) is 22.3. The smallest absolute Gasteiger partial charge is 0.244 e. The number of piperidine rings is 1. The van der Waals surface area contributed by atoms with E-state index >= 15 is 0 Å². The summed E-state index contributed by atoms with van der Waals surface area (Å²) in [5.74, 6) is 1.39. The number of piperazine rings is 1. The van der Waals surface area contributed by atoms with Gasteiger partial charge in [0, 0.05) is 57.9 Å². The number of hydrogen-bond acceptors (Lipinski definition) is 12. The van der Waals surface area contributed by atoms with Gasteiger partial charge in [0.1, 0.15) is 17.6 Å². The zero-order valence-corrected chi connectivity index (χ0v) is 25.2. The zero-order valence-electron chi connectivity index (χ0n) is 25.2. The summed E-state index contributed by atoms with van der Waals surface area (Å²) in [4.78, 5) is 32.8. The number of rotatable bonds is 5. The molecular formula is C33H37N11O. The van der Waals surface area contributed by atoms with Crippen LogP contribution in [0.5, 0.6) is 0 Å². The summed E-state index contributed by atoms with van der Waals surface area (Å²) in [7, 11) is 0. The molecule has 1 aromatic carbocycles. The first-order valence-electron chi connectivity index (χ1n) is 15.8. The fourth-order valence-corrected chi connectivity index (χ4v) is 6.87. The minimum atomic E-state index is -1.11. The summed E-state index contributed by atoms with van der Waals surface area (Å²) in [6, 6.07) is 8.01. The Hall–Kier alpha value is -4.81. The first kappa shape index (κ1) is 27.7. The van der Waals surface area contributed by atoms with Gasteiger partial charge in [-0.2, -0.15) is 0 Å². The molecule has 3 aromatic rings. The summed E-state index contributed by atoms with van der Waals surface area (Å²) in [6.45, 7) is 5.61. The molecule has 5 aliphatic rings. The Morgan fingerprint density at radius 1 is 0.911 bits per heavy atom. The third-order valence-corrected chi connectivity index (χ3v) is 8.93. The molecule has 8 rings (SSSR count). The maximum absolute atomic E-state index is 6.38. The Morgan fingerprint density at radius 3 is 2.53 bits per heavy atom. The van der Waals surface area contributed by atoms with Gasteiger partial charge in [-0.15, -0.1) is 0 Å². The van der Waals surface area contributed by atoms with Crippen LogP contribution in [0, 0.1) is 0 Å². The zero-order chi connectivity index (χ0) is 30.1. The van der Waals surface area contributed by atoms with Crippen LogP contribution in [-0.2, 0) is 10.5 Å². The minimum Gasteiger partial charge on any atom is -0.489 e. The molecule has 2 unspecified atom stereocenters. The Morgan fingerprint density at radius 2 is 1.78 bits per heavy atom. The normalized spacial score (nSPS) is 25.5. The molecule has 7 heterocycles. The molecule has 2 fully saturated rings. The van der Waals surface area contributed by atoms with Crippen molar-refractivity contribution in [2.24, 2.45) is 4.99 Å². The van der Waals surface area contributed by atoms with E-state index in [9.17, 15) is 0 Å². The van der Waals surface area contributed by atoms with E-state index < -0.39 is 5.79 Å². The lowest BCUT2D eigenvalue weighted by Crippen LogP contribution is -2.66. The number of allylic oxidation sites excluding steroid dienone is 2. The molecule has 0 saturated carbocycles. The number of aliphatic imine (C=N–C) groups is 1. The Kier molecular flexibility index (Phi) is 7.35. The highest BCUT2D eigenvalue weighted by atomic mass is 16.5. The second kappa shape index (κ2) is 11.9. The van der Waals surface area contributed by atoms with Crippen molar-refractivity contribution in [1.82, 2.24) is 45.5 Å². The van der Waals surface area contributed by atoms with Gasteiger partial charge in [-0.3, -0.25) is 29.8 Å². The van der Waals surface area contributed by atoms with Crippen molar-refractivity contribution in [2.45, 2.75) is 31.2 Å². The van der Waals surface area contributed by atoms with Gasteiger partial charge in [-0.1, -0.05) is 18.2 Å². The van der Waals surface area contributed by atoms with Gasteiger partial charge in [0.25, 0.3) is 0 Å². The number of nitrogens with one attached hydrogen (secondary N) is 2. The maximum atomic E-state index is 6.38. The molecule has 12 nitrogen and oxygen atoms in total. The second-order valence-electron chi connectivity index (χ2n) is 11.6. The van der Waals surface area contributed by atoms with Gasteiger partial charge in [0.05, 0.1) is 41.8 Å². The number of hydrogen-bond donors (Lipinski definition) is 2. The van der Waals surface area contributed by atoms with E-state index in [-0.39, 0.29) is 6.10 Å². The van der Waals surface area contributed by atoms with Crippen LogP contribution in [0.1, 0.15) is 25.0 Å². The molecular weight excluding hydrogens is 566 g/mol. The lowest BCUT2D eigenvalue weighted by molar-refractivity contribution is 0.0608. The number of fused-ring (bicyclic) bond motifs is 1. The van der Waals surface area contributed by atoms with Crippen molar-refractivity contribution in [3.8, 4) is 0 Å². The van der Waals surface area contributed by atoms with Crippen LogP contribution in [0.2, 0.25) is 0 Å². The molecule has 0 amide bonds. The predicted octanol–water partition coefficient (Wildman–Crippen LogP) is 2.85. The van der Waals surface area contributed by atoms with Crippen molar-refractivity contribution in [3.05, 3.63) is 103 Å². The summed E-state index contributed by atoms with van der Waals surface area (Å²) in [5, 5.41) is 5.64. The van der Waals surface area contributed by atoms with Crippen LogP contribution in [0.25, 0.3) is 11.0 Å². The van der Waals surface area contributed by atoms with E-state index in [0.717, 1.165) is 86.1 Å². The fraction of sp³-hybridized carbons (Fsp3) is 0.364. The SMILES string of the molecule is C1=COC(C2=C(N3CCCCC3)N(c3cnc4ccccc4n3)C(c3cnccn3)(N3CCNCC3)N=C2N2CC=CN2)C=C1. The van der Waals surface area contributed by atoms with Crippen LogP contribution in [-0.4, -0.2) is 92.5 Å².